The van der Waals surface area contributed by atoms with E-state index in [1.807, 2.05) is 6.07 Å². The summed E-state index contributed by atoms with van der Waals surface area (Å²) in [5, 5.41) is 0.742. The molecule has 1 atom stereocenters. The molecule has 0 amide bonds. The quantitative estimate of drug-likeness (QED) is 0.378. The van der Waals surface area contributed by atoms with E-state index in [4.69, 9.17) is 4.98 Å². The molecule has 5 nitrogen and oxygen atoms in total. The summed E-state index contributed by atoms with van der Waals surface area (Å²) in [5.41, 5.74) is 1.96. The molecule has 182 valence electrons. The molecule has 2 fully saturated rings. The van der Waals surface area contributed by atoms with Crippen LogP contribution in [-0.2, 0) is 15.8 Å². The Morgan fingerprint density at radius 1 is 1.06 bits per heavy atom. The van der Waals surface area contributed by atoms with E-state index in [9.17, 15) is 17.2 Å². The predicted octanol–water partition coefficient (Wildman–Crippen LogP) is 6.14. The molecule has 1 aliphatic carbocycles. The maximum absolute atomic E-state index is 14.2. The first kappa shape index (κ1) is 23.8. The minimum absolute atomic E-state index is 0.270. The zero-order valence-electron chi connectivity index (χ0n) is 19.2. The molecule has 2 heterocycles. The van der Waals surface area contributed by atoms with Gasteiger partial charge in [-0.1, -0.05) is 37.6 Å². The molecule has 1 aliphatic heterocycles. The Morgan fingerprint density at radius 2 is 1.85 bits per heavy atom. The summed E-state index contributed by atoms with van der Waals surface area (Å²) in [6, 6.07) is 9.15. The lowest BCUT2D eigenvalue weighted by atomic mass is 10.0. The SMILES string of the molecule is CC1CCCN(S(=O)(=O)c2ccc3c(c2)nc(SCc2ccc(F)cc2F)n3C2CCCC2)C1. The Hall–Kier alpha value is -1.97. The first-order valence-corrected chi connectivity index (χ1v) is 14.3. The zero-order chi connectivity index (χ0) is 23.9. The van der Waals surface area contributed by atoms with Crippen LogP contribution in [0.2, 0.25) is 0 Å². The summed E-state index contributed by atoms with van der Waals surface area (Å²) in [4.78, 5) is 5.07. The third-order valence-electron chi connectivity index (χ3n) is 6.95. The lowest BCUT2D eigenvalue weighted by Gasteiger charge is -2.30. The summed E-state index contributed by atoms with van der Waals surface area (Å²) in [6.07, 6.45) is 6.28. The van der Waals surface area contributed by atoms with Gasteiger partial charge in [0, 0.05) is 31.0 Å². The molecule has 0 radical (unpaired) electrons. The van der Waals surface area contributed by atoms with E-state index in [1.54, 1.807) is 16.4 Å². The lowest BCUT2D eigenvalue weighted by Crippen LogP contribution is -2.39. The molecule has 2 aliphatic rings. The molecule has 1 saturated heterocycles. The van der Waals surface area contributed by atoms with Crippen molar-refractivity contribution in [3.63, 3.8) is 0 Å². The molecular weight excluding hydrogens is 476 g/mol. The fourth-order valence-electron chi connectivity index (χ4n) is 5.13. The van der Waals surface area contributed by atoms with Gasteiger partial charge in [0.05, 0.1) is 15.9 Å². The first-order valence-electron chi connectivity index (χ1n) is 11.9. The normalized spacial score (nSPS) is 20.4. The smallest absolute Gasteiger partial charge is 0.243 e. The molecule has 34 heavy (non-hydrogen) atoms. The fourth-order valence-corrected chi connectivity index (χ4v) is 7.82. The first-order chi connectivity index (χ1) is 16.3. The molecule has 2 aromatic carbocycles. The van der Waals surface area contributed by atoms with Gasteiger partial charge in [0.25, 0.3) is 0 Å². The van der Waals surface area contributed by atoms with Crippen molar-refractivity contribution in [3.05, 3.63) is 53.6 Å². The van der Waals surface area contributed by atoms with Crippen molar-refractivity contribution in [2.75, 3.05) is 13.1 Å². The van der Waals surface area contributed by atoms with Crippen molar-refractivity contribution in [3.8, 4) is 0 Å². The van der Waals surface area contributed by atoms with Crippen LogP contribution in [0.4, 0.5) is 8.78 Å². The van der Waals surface area contributed by atoms with Gasteiger partial charge in [0.15, 0.2) is 5.16 Å². The highest BCUT2D eigenvalue weighted by atomic mass is 32.2. The number of rotatable bonds is 6. The molecular formula is C25H29F2N3O2S2. The molecule has 3 aromatic rings. The molecule has 0 bridgehead atoms. The van der Waals surface area contributed by atoms with Gasteiger partial charge in [-0.15, -0.1) is 0 Å². The Bertz CT molecular complexity index is 1300. The Labute approximate surface area is 203 Å². The van der Waals surface area contributed by atoms with Crippen LogP contribution in [0.15, 0.2) is 46.5 Å². The highest BCUT2D eigenvalue weighted by molar-refractivity contribution is 7.98. The second kappa shape index (κ2) is 9.59. The number of sulfonamides is 1. The van der Waals surface area contributed by atoms with Crippen molar-refractivity contribution < 1.29 is 17.2 Å². The predicted molar refractivity (Wildman–Crippen MR) is 130 cm³/mol. The summed E-state index contributed by atoms with van der Waals surface area (Å²) >= 11 is 1.40. The monoisotopic (exact) mass is 505 g/mol. The summed E-state index contributed by atoms with van der Waals surface area (Å²) < 4.78 is 57.9. The number of hydrogen-bond acceptors (Lipinski definition) is 4. The summed E-state index contributed by atoms with van der Waals surface area (Å²) in [7, 11) is -3.58. The Balaban J connectivity index is 1.49. The number of halogens is 2. The molecule has 1 saturated carbocycles. The molecule has 0 N–H and O–H groups in total. The van der Waals surface area contributed by atoms with Gasteiger partial charge in [-0.2, -0.15) is 4.31 Å². The van der Waals surface area contributed by atoms with Crippen LogP contribution in [0, 0.1) is 17.6 Å². The Morgan fingerprint density at radius 3 is 2.59 bits per heavy atom. The van der Waals surface area contributed by atoms with E-state index >= 15 is 0 Å². The van der Waals surface area contributed by atoms with Gasteiger partial charge in [0.1, 0.15) is 11.6 Å². The number of nitrogens with zero attached hydrogens (tertiary/aromatic N) is 3. The van der Waals surface area contributed by atoms with Gasteiger partial charge in [-0.05, 0) is 61.4 Å². The van der Waals surface area contributed by atoms with Gasteiger partial charge in [-0.3, -0.25) is 0 Å². The second-order valence-corrected chi connectivity index (χ2v) is 12.4. The minimum Gasteiger partial charge on any atom is -0.316 e. The molecule has 1 aromatic heterocycles. The maximum Gasteiger partial charge on any atom is 0.243 e. The van der Waals surface area contributed by atoms with Crippen molar-refractivity contribution in [2.45, 2.75) is 67.3 Å². The van der Waals surface area contributed by atoms with Gasteiger partial charge >= 0.3 is 0 Å². The second-order valence-electron chi connectivity index (χ2n) is 9.49. The van der Waals surface area contributed by atoms with Crippen LogP contribution in [0.1, 0.15) is 57.1 Å². The number of hydrogen-bond donors (Lipinski definition) is 0. The zero-order valence-corrected chi connectivity index (χ0v) is 20.8. The van der Waals surface area contributed by atoms with Crippen LogP contribution in [0.5, 0.6) is 0 Å². The topological polar surface area (TPSA) is 55.2 Å². The molecule has 5 rings (SSSR count). The molecule has 1 unspecified atom stereocenters. The minimum atomic E-state index is -3.58. The van der Waals surface area contributed by atoms with Crippen LogP contribution in [-0.4, -0.2) is 35.4 Å². The third-order valence-corrected chi connectivity index (χ3v) is 9.81. The fraction of sp³-hybridized carbons (Fsp3) is 0.480. The largest absolute Gasteiger partial charge is 0.316 e. The number of aromatic nitrogens is 2. The van der Waals surface area contributed by atoms with Gasteiger partial charge < -0.3 is 4.57 Å². The van der Waals surface area contributed by atoms with E-state index in [0.717, 1.165) is 55.3 Å². The van der Waals surface area contributed by atoms with Crippen molar-refractivity contribution in [2.24, 2.45) is 5.92 Å². The number of thioether (sulfide) groups is 1. The number of piperidine rings is 1. The standard InChI is InChI=1S/C25H29F2N3O2S2/c1-17-5-4-12-29(15-17)34(31,32)21-10-11-24-23(14-21)28-25(30(24)20-6-2-3-7-20)33-16-18-8-9-19(26)13-22(18)27/h8-11,13-14,17,20H,2-7,12,15-16H2,1H3. The third kappa shape index (κ3) is 4.62. The van der Waals surface area contributed by atoms with E-state index in [1.165, 1.54) is 23.9 Å². The van der Waals surface area contributed by atoms with E-state index in [-0.39, 0.29) is 10.9 Å². The van der Waals surface area contributed by atoms with Crippen molar-refractivity contribution in [1.82, 2.24) is 13.9 Å². The van der Waals surface area contributed by atoms with Crippen LogP contribution in [0.25, 0.3) is 11.0 Å². The number of fused-ring (bicyclic) bond motifs is 1. The van der Waals surface area contributed by atoms with Crippen LogP contribution >= 0.6 is 11.8 Å². The lowest BCUT2D eigenvalue weighted by molar-refractivity contribution is 0.281. The van der Waals surface area contributed by atoms with E-state index in [2.05, 4.69) is 11.5 Å². The highest BCUT2D eigenvalue weighted by Crippen LogP contribution is 2.38. The highest BCUT2D eigenvalue weighted by Gasteiger charge is 2.30. The number of imidazole rings is 1. The van der Waals surface area contributed by atoms with Gasteiger partial charge in [0.2, 0.25) is 10.0 Å². The Kier molecular flexibility index (Phi) is 6.70. The van der Waals surface area contributed by atoms with E-state index < -0.39 is 21.7 Å². The van der Waals surface area contributed by atoms with Gasteiger partial charge in [-0.25, -0.2) is 22.2 Å². The average Bonchev–Trinajstić information content (AvgIpc) is 3.45. The van der Waals surface area contributed by atoms with Crippen molar-refractivity contribution in [1.29, 1.82) is 0 Å². The molecule has 9 heteroatoms. The molecule has 0 spiro atoms. The van der Waals surface area contributed by atoms with Crippen LogP contribution < -0.4 is 0 Å². The van der Waals surface area contributed by atoms with E-state index in [0.29, 0.717) is 35.8 Å². The number of benzene rings is 2. The van der Waals surface area contributed by atoms with Crippen molar-refractivity contribution >= 4 is 32.8 Å². The van der Waals surface area contributed by atoms with Crippen LogP contribution in [0.3, 0.4) is 0 Å². The average molecular weight is 506 g/mol. The summed E-state index contributed by atoms with van der Waals surface area (Å²) in [6.45, 7) is 3.17. The maximum atomic E-state index is 14.2. The summed E-state index contributed by atoms with van der Waals surface area (Å²) in [5.74, 6) is -0.496.